The predicted molar refractivity (Wildman–Crippen MR) is 89.8 cm³/mol. The maximum Gasteiger partial charge on any atom is 0.257 e. The second-order valence-corrected chi connectivity index (χ2v) is 6.05. The number of amides is 1. The second kappa shape index (κ2) is 7.09. The summed E-state index contributed by atoms with van der Waals surface area (Å²) in [6.07, 6.45) is 1.87. The van der Waals surface area contributed by atoms with E-state index in [1.165, 1.54) is 24.3 Å². The first-order valence-electron chi connectivity index (χ1n) is 8.11. The van der Waals surface area contributed by atoms with Crippen LogP contribution in [0.15, 0.2) is 42.5 Å². The number of carbonyl (C=O) groups excluding carboxylic acids is 1. The van der Waals surface area contributed by atoms with Gasteiger partial charge in [0.1, 0.15) is 11.6 Å². The monoisotopic (exact) mass is 330 g/mol. The average Bonchev–Trinajstić information content (AvgIpc) is 3.03. The summed E-state index contributed by atoms with van der Waals surface area (Å²) in [5.41, 5.74) is 1.42. The van der Waals surface area contributed by atoms with Gasteiger partial charge in [-0.2, -0.15) is 0 Å². The summed E-state index contributed by atoms with van der Waals surface area (Å²) in [6.45, 7) is 1.37. The first kappa shape index (κ1) is 16.6. The first-order chi connectivity index (χ1) is 11.6. The smallest absolute Gasteiger partial charge is 0.257 e. The van der Waals surface area contributed by atoms with E-state index in [9.17, 15) is 13.6 Å². The fourth-order valence-corrected chi connectivity index (χ4v) is 3.22. The molecule has 0 aliphatic carbocycles. The minimum absolute atomic E-state index is 0.0869. The highest BCUT2D eigenvalue weighted by Crippen LogP contribution is 2.25. The van der Waals surface area contributed by atoms with Crippen molar-refractivity contribution >= 4 is 5.91 Å². The lowest BCUT2D eigenvalue weighted by Crippen LogP contribution is -2.41. The van der Waals surface area contributed by atoms with E-state index in [0.717, 1.165) is 12.8 Å². The number of likely N-dealkylation sites (N-methyl/N-ethyl adjacent to an activating group) is 1. The van der Waals surface area contributed by atoms with Crippen molar-refractivity contribution in [2.45, 2.75) is 18.9 Å². The quantitative estimate of drug-likeness (QED) is 0.931. The van der Waals surface area contributed by atoms with Crippen LogP contribution in [0.2, 0.25) is 0 Å². The molecule has 3 rings (SSSR count). The van der Waals surface area contributed by atoms with Crippen molar-refractivity contribution in [3.63, 3.8) is 0 Å². The number of nitrogens with one attached hydrogen (secondary N) is 1. The average molecular weight is 330 g/mol. The van der Waals surface area contributed by atoms with Crippen molar-refractivity contribution < 1.29 is 13.6 Å². The molecule has 1 fully saturated rings. The molecule has 1 N–H and O–H groups in total. The lowest BCUT2D eigenvalue weighted by Gasteiger charge is -2.24. The SMILES string of the molecule is CNCC1CCCN1C(=O)c1ccc(-c2ccc(F)cc2)cc1F. The molecule has 126 valence electrons. The van der Waals surface area contributed by atoms with Crippen LogP contribution in [0.1, 0.15) is 23.2 Å². The van der Waals surface area contributed by atoms with Gasteiger partial charge in [0.15, 0.2) is 0 Å². The van der Waals surface area contributed by atoms with Crippen LogP contribution < -0.4 is 5.32 Å². The minimum Gasteiger partial charge on any atom is -0.334 e. The Morgan fingerprint density at radius 3 is 2.54 bits per heavy atom. The number of rotatable bonds is 4. The van der Waals surface area contributed by atoms with Crippen LogP contribution in [-0.2, 0) is 0 Å². The van der Waals surface area contributed by atoms with Gasteiger partial charge >= 0.3 is 0 Å². The summed E-state index contributed by atoms with van der Waals surface area (Å²) in [6, 6.07) is 10.5. The Kier molecular flexibility index (Phi) is 4.90. The van der Waals surface area contributed by atoms with E-state index in [0.29, 0.717) is 24.2 Å². The lowest BCUT2D eigenvalue weighted by atomic mass is 10.0. The highest BCUT2D eigenvalue weighted by atomic mass is 19.1. The molecule has 0 bridgehead atoms. The highest BCUT2D eigenvalue weighted by Gasteiger charge is 2.30. The van der Waals surface area contributed by atoms with E-state index >= 15 is 0 Å². The number of hydrogen-bond donors (Lipinski definition) is 1. The third-order valence-corrected chi connectivity index (χ3v) is 4.45. The molecule has 1 unspecified atom stereocenters. The number of halogens is 2. The van der Waals surface area contributed by atoms with Crippen LogP contribution in [0, 0.1) is 11.6 Å². The fraction of sp³-hybridized carbons (Fsp3) is 0.316. The molecule has 1 aliphatic heterocycles. The zero-order valence-corrected chi connectivity index (χ0v) is 13.6. The third-order valence-electron chi connectivity index (χ3n) is 4.45. The summed E-state index contributed by atoms with van der Waals surface area (Å²) in [7, 11) is 1.85. The molecule has 1 saturated heterocycles. The van der Waals surface area contributed by atoms with Gasteiger partial charge in [-0.15, -0.1) is 0 Å². The standard InChI is InChI=1S/C19H20F2N2O/c1-22-12-16-3-2-10-23(16)19(24)17-9-6-14(11-18(17)21)13-4-7-15(20)8-5-13/h4-9,11,16,22H,2-3,10,12H2,1H3. The van der Waals surface area contributed by atoms with Crippen LogP contribution >= 0.6 is 0 Å². The van der Waals surface area contributed by atoms with Crippen molar-refractivity contribution in [3.05, 3.63) is 59.7 Å². The zero-order valence-electron chi connectivity index (χ0n) is 13.6. The molecule has 1 heterocycles. The van der Waals surface area contributed by atoms with E-state index in [-0.39, 0.29) is 23.3 Å². The Morgan fingerprint density at radius 2 is 1.88 bits per heavy atom. The fourth-order valence-electron chi connectivity index (χ4n) is 3.22. The Hall–Kier alpha value is -2.27. The van der Waals surface area contributed by atoms with Crippen molar-refractivity contribution in [2.75, 3.05) is 20.1 Å². The van der Waals surface area contributed by atoms with Gasteiger partial charge in [0.2, 0.25) is 0 Å². The van der Waals surface area contributed by atoms with Gasteiger partial charge in [-0.3, -0.25) is 4.79 Å². The molecular formula is C19H20F2N2O. The lowest BCUT2D eigenvalue weighted by molar-refractivity contribution is 0.0732. The number of nitrogens with zero attached hydrogens (tertiary/aromatic N) is 1. The molecule has 1 atom stereocenters. The normalized spacial score (nSPS) is 17.3. The number of likely N-dealkylation sites (tertiary alicyclic amines) is 1. The van der Waals surface area contributed by atoms with Gasteiger partial charge in [0.25, 0.3) is 5.91 Å². The van der Waals surface area contributed by atoms with Gasteiger partial charge in [-0.25, -0.2) is 8.78 Å². The second-order valence-electron chi connectivity index (χ2n) is 6.05. The van der Waals surface area contributed by atoms with Gasteiger partial charge < -0.3 is 10.2 Å². The van der Waals surface area contributed by atoms with E-state index < -0.39 is 5.82 Å². The molecule has 1 aliphatic rings. The van der Waals surface area contributed by atoms with Crippen molar-refractivity contribution in [2.24, 2.45) is 0 Å². The largest absolute Gasteiger partial charge is 0.334 e. The van der Waals surface area contributed by atoms with Crippen molar-refractivity contribution in [3.8, 4) is 11.1 Å². The molecule has 2 aromatic carbocycles. The Balaban J connectivity index is 1.84. The predicted octanol–water partition coefficient (Wildman–Crippen LogP) is 3.46. The van der Waals surface area contributed by atoms with Crippen molar-refractivity contribution in [1.82, 2.24) is 10.2 Å². The molecule has 2 aromatic rings. The summed E-state index contributed by atoms with van der Waals surface area (Å²) in [5, 5.41) is 3.08. The Bertz CT molecular complexity index is 731. The summed E-state index contributed by atoms with van der Waals surface area (Å²) >= 11 is 0. The molecule has 0 aromatic heterocycles. The van der Waals surface area contributed by atoms with E-state index in [4.69, 9.17) is 0 Å². The molecule has 24 heavy (non-hydrogen) atoms. The van der Waals surface area contributed by atoms with Crippen molar-refractivity contribution in [1.29, 1.82) is 0 Å². The number of hydrogen-bond acceptors (Lipinski definition) is 2. The van der Waals surface area contributed by atoms with Crippen LogP contribution in [0.25, 0.3) is 11.1 Å². The van der Waals surface area contributed by atoms with E-state index in [1.54, 1.807) is 23.1 Å². The van der Waals surface area contributed by atoms with Crippen LogP contribution in [0.3, 0.4) is 0 Å². The maximum atomic E-state index is 14.5. The molecule has 5 heteroatoms. The summed E-state index contributed by atoms with van der Waals surface area (Å²) in [4.78, 5) is 14.4. The summed E-state index contributed by atoms with van der Waals surface area (Å²) in [5.74, 6) is -1.15. The molecule has 0 radical (unpaired) electrons. The number of benzene rings is 2. The van der Waals surface area contributed by atoms with Gasteiger partial charge in [-0.1, -0.05) is 18.2 Å². The Morgan fingerprint density at radius 1 is 1.17 bits per heavy atom. The minimum atomic E-state index is -0.545. The van der Waals surface area contributed by atoms with Crippen LogP contribution in [-0.4, -0.2) is 37.0 Å². The molecule has 3 nitrogen and oxygen atoms in total. The first-order valence-corrected chi connectivity index (χ1v) is 8.11. The van der Waals surface area contributed by atoms with E-state index in [2.05, 4.69) is 5.32 Å². The van der Waals surface area contributed by atoms with Gasteiger partial charge in [-0.05, 0) is 55.3 Å². The van der Waals surface area contributed by atoms with Crippen LogP contribution in [0.4, 0.5) is 8.78 Å². The maximum absolute atomic E-state index is 14.5. The molecule has 0 saturated carbocycles. The highest BCUT2D eigenvalue weighted by molar-refractivity contribution is 5.95. The van der Waals surface area contributed by atoms with Gasteiger partial charge in [0.05, 0.1) is 5.56 Å². The topological polar surface area (TPSA) is 32.3 Å². The zero-order chi connectivity index (χ0) is 17.1. The third kappa shape index (κ3) is 3.31. The molecule has 1 amide bonds. The summed E-state index contributed by atoms with van der Waals surface area (Å²) < 4.78 is 27.5. The molecule has 0 spiro atoms. The molecular weight excluding hydrogens is 310 g/mol. The Labute approximate surface area is 140 Å². The van der Waals surface area contributed by atoms with E-state index in [1.807, 2.05) is 7.05 Å². The van der Waals surface area contributed by atoms with Gasteiger partial charge in [0, 0.05) is 19.1 Å². The van der Waals surface area contributed by atoms with Crippen LogP contribution in [0.5, 0.6) is 0 Å². The number of carbonyl (C=O) groups is 1.